The van der Waals surface area contributed by atoms with E-state index >= 15 is 0 Å². The number of nitro benzene ring substituents is 1. The normalized spacial score (nSPS) is 16.2. The lowest BCUT2D eigenvalue weighted by molar-refractivity contribution is -0.384. The zero-order valence-corrected chi connectivity index (χ0v) is 15.2. The zero-order chi connectivity index (χ0) is 20.1. The lowest BCUT2D eigenvalue weighted by Crippen LogP contribution is -2.45. The van der Waals surface area contributed by atoms with Crippen LogP contribution in [-0.4, -0.2) is 23.5 Å². The molecule has 2 aromatic carbocycles. The Kier molecular flexibility index (Phi) is 5.69. The van der Waals surface area contributed by atoms with Gasteiger partial charge in [0.2, 0.25) is 0 Å². The van der Waals surface area contributed by atoms with Crippen molar-refractivity contribution >= 4 is 17.7 Å². The van der Waals surface area contributed by atoms with Crippen molar-refractivity contribution in [1.82, 2.24) is 10.6 Å². The van der Waals surface area contributed by atoms with Gasteiger partial charge in [0.25, 0.3) is 5.69 Å². The molecule has 1 heterocycles. The van der Waals surface area contributed by atoms with Gasteiger partial charge in [0.05, 0.1) is 23.1 Å². The highest BCUT2D eigenvalue weighted by atomic mass is 16.6. The summed E-state index contributed by atoms with van der Waals surface area (Å²) < 4.78 is 5.40. The second-order valence-corrected chi connectivity index (χ2v) is 6.29. The quantitative estimate of drug-likeness (QED) is 0.454. The third-order valence-corrected chi connectivity index (χ3v) is 4.37. The number of hydrogen-bond acceptors (Lipinski definition) is 5. The molecule has 144 valence electrons. The average molecular weight is 381 g/mol. The molecule has 8 heteroatoms. The van der Waals surface area contributed by atoms with E-state index in [-0.39, 0.29) is 17.9 Å². The SMILES string of the molecule is CC1=C(C(=O)OCCc2ccccc2)C(c2cccc([N+](=O)[O-])c2)NC(=O)N1. The molecule has 3 rings (SSSR count). The van der Waals surface area contributed by atoms with Gasteiger partial charge in [0.15, 0.2) is 0 Å². The highest BCUT2D eigenvalue weighted by molar-refractivity contribution is 5.95. The molecule has 1 atom stereocenters. The van der Waals surface area contributed by atoms with Gasteiger partial charge in [-0.05, 0) is 18.1 Å². The molecule has 0 saturated heterocycles. The van der Waals surface area contributed by atoms with Crippen molar-refractivity contribution in [3.05, 3.63) is 87.1 Å². The number of rotatable bonds is 6. The first-order valence-electron chi connectivity index (χ1n) is 8.69. The number of carbonyl (C=O) groups excluding carboxylic acids is 2. The first-order valence-corrected chi connectivity index (χ1v) is 8.69. The topological polar surface area (TPSA) is 111 Å². The van der Waals surface area contributed by atoms with Crippen molar-refractivity contribution in [1.29, 1.82) is 0 Å². The summed E-state index contributed by atoms with van der Waals surface area (Å²) in [6.45, 7) is 1.77. The molecule has 1 aliphatic rings. The van der Waals surface area contributed by atoms with Gasteiger partial charge >= 0.3 is 12.0 Å². The predicted octanol–water partition coefficient (Wildman–Crippen LogP) is 3.01. The van der Waals surface area contributed by atoms with E-state index in [0.29, 0.717) is 17.7 Å². The standard InChI is InChI=1S/C20H19N3O5/c1-13-17(19(24)28-11-10-14-6-3-2-4-7-14)18(22-20(25)21-13)15-8-5-9-16(12-15)23(26)27/h2-9,12,18H,10-11H2,1H3,(H2,21,22,25). The van der Waals surface area contributed by atoms with Crippen LogP contribution in [0.15, 0.2) is 65.9 Å². The van der Waals surface area contributed by atoms with Crippen LogP contribution in [0, 0.1) is 10.1 Å². The molecule has 0 aromatic heterocycles. The Morgan fingerprint density at radius 1 is 1.18 bits per heavy atom. The number of amides is 2. The molecule has 2 amide bonds. The monoisotopic (exact) mass is 381 g/mol. The van der Waals surface area contributed by atoms with E-state index < -0.39 is 23.0 Å². The second-order valence-electron chi connectivity index (χ2n) is 6.29. The van der Waals surface area contributed by atoms with Gasteiger partial charge in [-0.25, -0.2) is 9.59 Å². The number of nitrogens with zero attached hydrogens (tertiary/aromatic N) is 1. The van der Waals surface area contributed by atoms with Crippen molar-refractivity contribution in [2.75, 3.05) is 6.61 Å². The minimum absolute atomic E-state index is 0.125. The summed E-state index contributed by atoms with van der Waals surface area (Å²) in [6, 6.07) is 14.1. The molecule has 1 aliphatic heterocycles. The Bertz CT molecular complexity index is 940. The number of benzene rings is 2. The van der Waals surface area contributed by atoms with Crippen LogP contribution in [0.2, 0.25) is 0 Å². The highest BCUT2D eigenvalue weighted by Gasteiger charge is 2.32. The largest absolute Gasteiger partial charge is 0.462 e. The summed E-state index contributed by atoms with van der Waals surface area (Å²) in [5.74, 6) is -0.586. The molecule has 0 aliphatic carbocycles. The van der Waals surface area contributed by atoms with Crippen molar-refractivity contribution in [2.24, 2.45) is 0 Å². The molecule has 0 spiro atoms. The molecule has 1 unspecified atom stereocenters. The number of esters is 1. The molecule has 2 aromatic rings. The number of nitro groups is 1. The molecule has 0 bridgehead atoms. The molecule has 8 nitrogen and oxygen atoms in total. The number of urea groups is 1. The van der Waals surface area contributed by atoms with Gasteiger partial charge in [0, 0.05) is 24.3 Å². The Hall–Kier alpha value is -3.68. The summed E-state index contributed by atoms with van der Waals surface area (Å²) in [4.78, 5) is 35.1. The maximum absolute atomic E-state index is 12.7. The maximum Gasteiger partial charge on any atom is 0.338 e. The van der Waals surface area contributed by atoms with E-state index in [9.17, 15) is 19.7 Å². The third kappa shape index (κ3) is 4.35. The predicted molar refractivity (Wildman–Crippen MR) is 101 cm³/mol. The first-order chi connectivity index (χ1) is 13.5. The Morgan fingerprint density at radius 2 is 1.93 bits per heavy atom. The fourth-order valence-electron chi connectivity index (χ4n) is 3.02. The van der Waals surface area contributed by atoms with Crippen LogP contribution in [0.5, 0.6) is 0 Å². The van der Waals surface area contributed by atoms with E-state index in [1.165, 1.54) is 18.2 Å². The summed E-state index contributed by atoms with van der Waals surface area (Å²) in [6.07, 6.45) is 0.556. The smallest absolute Gasteiger partial charge is 0.338 e. The van der Waals surface area contributed by atoms with E-state index in [1.54, 1.807) is 13.0 Å². The summed E-state index contributed by atoms with van der Waals surface area (Å²) >= 11 is 0. The summed E-state index contributed by atoms with van der Waals surface area (Å²) in [5, 5.41) is 16.2. The third-order valence-electron chi connectivity index (χ3n) is 4.37. The van der Waals surface area contributed by atoms with E-state index in [0.717, 1.165) is 5.56 Å². The molecule has 28 heavy (non-hydrogen) atoms. The number of nitrogens with one attached hydrogen (secondary N) is 2. The van der Waals surface area contributed by atoms with Gasteiger partial charge in [0.1, 0.15) is 0 Å². The minimum atomic E-state index is -0.835. The molecule has 0 fully saturated rings. The highest BCUT2D eigenvalue weighted by Crippen LogP contribution is 2.29. The van der Waals surface area contributed by atoms with Crippen LogP contribution < -0.4 is 10.6 Å². The lowest BCUT2D eigenvalue weighted by Gasteiger charge is -2.28. The van der Waals surface area contributed by atoms with Gasteiger partial charge in [-0.3, -0.25) is 10.1 Å². The maximum atomic E-state index is 12.7. The minimum Gasteiger partial charge on any atom is -0.462 e. The van der Waals surface area contributed by atoms with Crippen molar-refractivity contribution in [3.8, 4) is 0 Å². The van der Waals surface area contributed by atoms with Crippen LogP contribution in [-0.2, 0) is 16.0 Å². The first kappa shape index (κ1) is 19.1. The summed E-state index contributed by atoms with van der Waals surface area (Å²) in [5.41, 5.74) is 1.91. The van der Waals surface area contributed by atoms with Gasteiger partial charge in [-0.1, -0.05) is 42.5 Å². The van der Waals surface area contributed by atoms with Crippen molar-refractivity contribution in [3.63, 3.8) is 0 Å². The zero-order valence-electron chi connectivity index (χ0n) is 15.2. The molecular formula is C20H19N3O5. The average Bonchev–Trinajstić information content (AvgIpc) is 2.68. The number of allylic oxidation sites excluding steroid dienone is 1. The summed E-state index contributed by atoms with van der Waals surface area (Å²) in [7, 11) is 0. The lowest BCUT2D eigenvalue weighted by atomic mass is 9.95. The van der Waals surface area contributed by atoms with Crippen molar-refractivity contribution < 1.29 is 19.2 Å². The number of carbonyl (C=O) groups is 2. The fourth-order valence-corrected chi connectivity index (χ4v) is 3.02. The molecule has 0 saturated carbocycles. The van der Waals surface area contributed by atoms with E-state index in [1.807, 2.05) is 30.3 Å². The Morgan fingerprint density at radius 3 is 2.64 bits per heavy atom. The van der Waals surface area contributed by atoms with Crippen LogP contribution in [0.25, 0.3) is 0 Å². The molecule has 2 N–H and O–H groups in total. The second kappa shape index (κ2) is 8.34. The van der Waals surface area contributed by atoms with Crippen LogP contribution in [0.1, 0.15) is 24.1 Å². The van der Waals surface area contributed by atoms with Crippen LogP contribution in [0.4, 0.5) is 10.5 Å². The van der Waals surface area contributed by atoms with Gasteiger partial charge < -0.3 is 15.4 Å². The van der Waals surface area contributed by atoms with Crippen molar-refractivity contribution in [2.45, 2.75) is 19.4 Å². The van der Waals surface area contributed by atoms with Gasteiger partial charge in [-0.2, -0.15) is 0 Å². The van der Waals surface area contributed by atoms with Crippen LogP contribution >= 0.6 is 0 Å². The van der Waals surface area contributed by atoms with Gasteiger partial charge in [-0.15, -0.1) is 0 Å². The van der Waals surface area contributed by atoms with E-state index in [2.05, 4.69) is 10.6 Å². The van der Waals surface area contributed by atoms with E-state index in [4.69, 9.17) is 4.74 Å². The fraction of sp³-hybridized carbons (Fsp3) is 0.200. The molecule has 0 radical (unpaired) electrons. The Labute approximate surface area is 161 Å². The number of non-ortho nitro benzene ring substituents is 1. The van der Waals surface area contributed by atoms with Crippen LogP contribution in [0.3, 0.4) is 0 Å². The number of ether oxygens (including phenoxy) is 1. The molecular weight excluding hydrogens is 362 g/mol. The number of hydrogen-bond donors (Lipinski definition) is 2. The Balaban J connectivity index is 1.80.